The van der Waals surface area contributed by atoms with E-state index in [2.05, 4.69) is 15.3 Å². The lowest BCUT2D eigenvalue weighted by Crippen LogP contribution is -2.19. The highest BCUT2D eigenvalue weighted by molar-refractivity contribution is 6.20. The minimum atomic E-state index is -0.416. The molecule has 3 rings (SSSR count). The number of nitrogens with zero attached hydrogens (tertiary/aromatic N) is 2. The summed E-state index contributed by atoms with van der Waals surface area (Å²) in [6.07, 6.45) is 3.66. The normalized spacial score (nSPS) is 13.6. The molecule has 10 heteroatoms. The van der Waals surface area contributed by atoms with Crippen LogP contribution in [-0.2, 0) is 23.8 Å². The zero-order chi connectivity index (χ0) is 22.2. The van der Waals surface area contributed by atoms with Crippen LogP contribution in [0.2, 0.25) is 0 Å². The molecule has 1 aliphatic rings. The summed E-state index contributed by atoms with van der Waals surface area (Å²) in [6, 6.07) is 3.42. The smallest absolute Gasteiger partial charge is 0.222 e. The molecular weight excluding hydrogens is 406 g/mol. The van der Waals surface area contributed by atoms with Gasteiger partial charge in [0.1, 0.15) is 25.4 Å². The number of benzene rings is 1. The molecule has 10 nitrogen and oxygen atoms in total. The van der Waals surface area contributed by atoms with E-state index in [9.17, 15) is 9.59 Å². The molecule has 0 aliphatic heterocycles. The van der Waals surface area contributed by atoms with E-state index in [1.54, 1.807) is 26.4 Å². The van der Waals surface area contributed by atoms with Crippen molar-refractivity contribution >= 4 is 28.3 Å². The Hall–Kier alpha value is -3.50. The lowest BCUT2D eigenvalue weighted by molar-refractivity contribution is -0.117. The number of allylic oxidation sites excluding steroid dienone is 2. The van der Waals surface area contributed by atoms with Gasteiger partial charge in [-0.1, -0.05) is 0 Å². The molecule has 1 aromatic carbocycles. The molecule has 0 spiro atoms. The van der Waals surface area contributed by atoms with Gasteiger partial charge in [0.25, 0.3) is 0 Å². The van der Waals surface area contributed by atoms with Gasteiger partial charge in [0.2, 0.25) is 11.6 Å². The number of rotatable bonds is 11. The van der Waals surface area contributed by atoms with Crippen LogP contribution in [0.3, 0.4) is 0 Å². The number of aromatic nitrogens is 2. The molecule has 0 fully saturated rings. The third-order valence-corrected chi connectivity index (χ3v) is 4.31. The Morgan fingerprint density at radius 2 is 1.52 bits per heavy atom. The molecule has 1 heterocycles. The van der Waals surface area contributed by atoms with Crippen molar-refractivity contribution in [1.82, 2.24) is 9.97 Å². The first kappa shape index (κ1) is 22.2. The Kier molecular flexibility index (Phi) is 7.52. The lowest BCUT2D eigenvalue weighted by Gasteiger charge is -2.16. The highest BCUT2D eigenvalue weighted by Crippen LogP contribution is 2.34. The number of fused-ring (bicyclic) bond motifs is 1. The van der Waals surface area contributed by atoms with E-state index in [1.165, 1.54) is 19.5 Å². The minimum Gasteiger partial charge on any atom is -0.493 e. The topological polar surface area (TPSA) is 118 Å². The number of hydrogen-bond donors (Lipinski definition) is 1. The summed E-state index contributed by atoms with van der Waals surface area (Å²) in [5.41, 5.74) is 0.639. The van der Waals surface area contributed by atoms with Crippen molar-refractivity contribution in [2.45, 2.75) is 0 Å². The van der Waals surface area contributed by atoms with Crippen LogP contribution in [0.15, 0.2) is 42.1 Å². The highest BCUT2D eigenvalue weighted by atomic mass is 16.5. The van der Waals surface area contributed by atoms with E-state index >= 15 is 0 Å². The summed E-state index contributed by atoms with van der Waals surface area (Å²) >= 11 is 0. The van der Waals surface area contributed by atoms with Gasteiger partial charge in [0.05, 0.1) is 31.5 Å². The van der Waals surface area contributed by atoms with Crippen LogP contribution in [0.25, 0.3) is 10.9 Å². The molecule has 164 valence electrons. The molecule has 31 heavy (non-hydrogen) atoms. The SMILES string of the molecule is COCCOc1cc2ncnc(NC3=CC(=O)C(OC)=CC3=O)c2cc1OCCOC. The summed E-state index contributed by atoms with van der Waals surface area (Å²) in [7, 11) is 4.50. The van der Waals surface area contributed by atoms with Crippen molar-refractivity contribution in [3.63, 3.8) is 0 Å². The zero-order valence-corrected chi connectivity index (χ0v) is 17.5. The molecular formula is C21H23N3O7. The van der Waals surface area contributed by atoms with Crippen molar-refractivity contribution in [3.8, 4) is 11.5 Å². The molecule has 0 unspecified atom stereocenters. The van der Waals surface area contributed by atoms with E-state index in [0.717, 1.165) is 6.08 Å². The van der Waals surface area contributed by atoms with Crippen molar-refractivity contribution in [2.24, 2.45) is 0 Å². The van der Waals surface area contributed by atoms with Crippen LogP contribution in [-0.4, -0.2) is 69.3 Å². The van der Waals surface area contributed by atoms with Crippen molar-refractivity contribution in [3.05, 3.63) is 42.1 Å². The fourth-order valence-corrected chi connectivity index (χ4v) is 2.79. The maximum atomic E-state index is 12.3. The van der Waals surface area contributed by atoms with E-state index in [4.69, 9.17) is 23.7 Å². The maximum absolute atomic E-state index is 12.3. The highest BCUT2D eigenvalue weighted by Gasteiger charge is 2.22. The van der Waals surface area contributed by atoms with E-state index in [0.29, 0.717) is 54.6 Å². The monoisotopic (exact) mass is 429 g/mol. The Morgan fingerprint density at radius 1 is 0.839 bits per heavy atom. The number of carbonyl (C=O) groups is 2. The van der Waals surface area contributed by atoms with Crippen LogP contribution >= 0.6 is 0 Å². The third-order valence-electron chi connectivity index (χ3n) is 4.31. The van der Waals surface area contributed by atoms with Crippen LogP contribution in [0.4, 0.5) is 5.82 Å². The summed E-state index contributed by atoms with van der Waals surface area (Å²) in [4.78, 5) is 32.9. The van der Waals surface area contributed by atoms with E-state index < -0.39 is 11.6 Å². The average Bonchev–Trinajstić information content (AvgIpc) is 2.76. The molecule has 1 aliphatic carbocycles. The Labute approximate surface area is 178 Å². The molecule has 0 bridgehead atoms. The predicted octanol–water partition coefficient (Wildman–Crippen LogP) is 1.66. The molecule has 0 atom stereocenters. The van der Waals surface area contributed by atoms with Gasteiger partial charge >= 0.3 is 0 Å². The molecule has 0 saturated carbocycles. The summed E-state index contributed by atoms with van der Waals surface area (Å²) in [5.74, 6) is 0.447. The van der Waals surface area contributed by atoms with Gasteiger partial charge in [-0.15, -0.1) is 0 Å². The zero-order valence-electron chi connectivity index (χ0n) is 17.5. The van der Waals surface area contributed by atoms with Gasteiger partial charge in [-0.05, 0) is 6.07 Å². The fraction of sp³-hybridized carbons (Fsp3) is 0.333. The van der Waals surface area contributed by atoms with E-state index in [1.807, 2.05) is 0 Å². The second-order valence-corrected chi connectivity index (χ2v) is 6.35. The van der Waals surface area contributed by atoms with Crippen LogP contribution in [0, 0.1) is 0 Å². The van der Waals surface area contributed by atoms with Crippen molar-refractivity contribution < 1.29 is 33.3 Å². The standard InChI is InChI=1S/C21H23N3O7/c1-27-4-6-30-19-8-13-14(10-20(19)31-7-5-28-2)22-12-23-21(13)24-15-9-17(26)18(29-3)11-16(15)25/h8-12H,4-7H2,1-3H3,(H,22,23,24). The van der Waals surface area contributed by atoms with Gasteiger partial charge in [0.15, 0.2) is 17.3 Å². The van der Waals surface area contributed by atoms with Gasteiger partial charge in [0, 0.05) is 37.8 Å². The number of ether oxygens (including phenoxy) is 5. The second-order valence-electron chi connectivity index (χ2n) is 6.35. The molecule has 1 N–H and O–H groups in total. The summed E-state index contributed by atoms with van der Waals surface area (Å²) in [6.45, 7) is 1.44. The van der Waals surface area contributed by atoms with Gasteiger partial charge in [-0.2, -0.15) is 0 Å². The van der Waals surface area contributed by atoms with Gasteiger partial charge in [-0.25, -0.2) is 9.97 Å². The third kappa shape index (κ3) is 5.36. The molecule has 0 amide bonds. The largest absolute Gasteiger partial charge is 0.493 e. The first-order chi connectivity index (χ1) is 15.1. The van der Waals surface area contributed by atoms with Gasteiger partial charge < -0.3 is 29.0 Å². The molecule has 2 aromatic rings. The molecule has 1 aromatic heterocycles. The number of carbonyl (C=O) groups excluding carboxylic acids is 2. The fourth-order valence-electron chi connectivity index (χ4n) is 2.79. The quantitative estimate of drug-likeness (QED) is 0.417. The predicted molar refractivity (Wildman–Crippen MR) is 111 cm³/mol. The average molecular weight is 429 g/mol. The minimum absolute atomic E-state index is 0.0187. The second kappa shape index (κ2) is 10.5. The molecule has 0 radical (unpaired) electrons. The van der Waals surface area contributed by atoms with Gasteiger partial charge in [-0.3, -0.25) is 9.59 Å². The Balaban J connectivity index is 1.94. The summed E-state index contributed by atoms with van der Waals surface area (Å²) < 4.78 is 26.5. The van der Waals surface area contributed by atoms with Crippen molar-refractivity contribution in [2.75, 3.05) is 53.1 Å². The lowest BCUT2D eigenvalue weighted by atomic mass is 10.1. The van der Waals surface area contributed by atoms with Crippen LogP contribution in [0.1, 0.15) is 0 Å². The Bertz CT molecular complexity index is 1030. The number of ketones is 2. The van der Waals surface area contributed by atoms with Crippen LogP contribution < -0.4 is 14.8 Å². The number of hydrogen-bond acceptors (Lipinski definition) is 10. The number of nitrogens with one attached hydrogen (secondary N) is 1. The van der Waals surface area contributed by atoms with Crippen LogP contribution in [0.5, 0.6) is 11.5 Å². The first-order valence-electron chi connectivity index (χ1n) is 9.42. The molecule has 0 saturated heterocycles. The summed E-state index contributed by atoms with van der Waals surface area (Å²) in [5, 5.41) is 3.49. The number of methoxy groups -OCH3 is 3. The Morgan fingerprint density at radius 3 is 2.16 bits per heavy atom. The maximum Gasteiger partial charge on any atom is 0.222 e. The van der Waals surface area contributed by atoms with E-state index in [-0.39, 0.29) is 11.5 Å². The van der Waals surface area contributed by atoms with Crippen molar-refractivity contribution in [1.29, 1.82) is 0 Å². The first-order valence-corrected chi connectivity index (χ1v) is 9.42. The number of anilines is 1.